The summed E-state index contributed by atoms with van der Waals surface area (Å²) in [5, 5.41) is 0.362. The molecule has 7 nitrogen and oxygen atoms in total. The van der Waals surface area contributed by atoms with Crippen LogP contribution in [-0.2, 0) is 32.7 Å². The van der Waals surface area contributed by atoms with Gasteiger partial charge in [-0.15, -0.1) is 0 Å². The molecule has 1 aliphatic rings. The van der Waals surface area contributed by atoms with Gasteiger partial charge in [-0.05, 0) is 24.1 Å². The van der Waals surface area contributed by atoms with Crippen LogP contribution >= 0.6 is 7.60 Å². The Morgan fingerprint density at radius 2 is 2.04 bits per heavy atom. The van der Waals surface area contributed by atoms with E-state index < -0.39 is 25.6 Å². The predicted octanol–water partition coefficient (Wildman–Crippen LogP) is 2.36. The van der Waals surface area contributed by atoms with Crippen LogP contribution in [-0.4, -0.2) is 32.8 Å². The van der Waals surface area contributed by atoms with Gasteiger partial charge in [-0.3, -0.25) is 13.9 Å². The molecule has 24 heavy (non-hydrogen) atoms. The number of hydrogen-bond acceptors (Lipinski definition) is 7. The first-order chi connectivity index (χ1) is 11.4. The summed E-state index contributed by atoms with van der Waals surface area (Å²) in [6.07, 6.45) is 1.90. The molecular formula is C16H19O7P. The number of ether oxygens (including phenoxy) is 2. The van der Waals surface area contributed by atoms with Crippen LogP contribution < -0.4 is 5.30 Å². The summed E-state index contributed by atoms with van der Waals surface area (Å²) in [5.41, 5.74) is 1.10. The lowest BCUT2D eigenvalue weighted by molar-refractivity contribution is -0.142. The van der Waals surface area contributed by atoms with Gasteiger partial charge in [0.25, 0.3) is 0 Å². The molecule has 0 radical (unpaired) electrons. The molecule has 8 heteroatoms. The zero-order valence-corrected chi connectivity index (χ0v) is 14.6. The summed E-state index contributed by atoms with van der Waals surface area (Å²) < 4.78 is 33.3. The topological polar surface area (TPSA) is 88.1 Å². The van der Waals surface area contributed by atoms with E-state index >= 15 is 0 Å². The van der Waals surface area contributed by atoms with Crippen LogP contribution in [0.15, 0.2) is 24.3 Å². The highest BCUT2D eigenvalue weighted by Crippen LogP contribution is 2.59. The zero-order chi connectivity index (χ0) is 17.7. The normalized spacial score (nSPS) is 22.4. The molecule has 0 saturated carbocycles. The fraction of sp³-hybridized carbons (Fsp3) is 0.375. The van der Waals surface area contributed by atoms with Crippen molar-refractivity contribution in [1.29, 1.82) is 0 Å². The van der Waals surface area contributed by atoms with Gasteiger partial charge in [-0.1, -0.05) is 18.2 Å². The Morgan fingerprint density at radius 1 is 1.29 bits per heavy atom. The minimum atomic E-state index is -3.60. The van der Waals surface area contributed by atoms with E-state index in [9.17, 15) is 14.2 Å². The van der Waals surface area contributed by atoms with E-state index in [2.05, 4.69) is 9.47 Å². The Bertz CT molecular complexity index is 710. The molecule has 2 rings (SSSR count). The van der Waals surface area contributed by atoms with Gasteiger partial charge in [0.15, 0.2) is 0 Å². The first-order valence-corrected chi connectivity index (χ1v) is 8.88. The van der Waals surface area contributed by atoms with Crippen molar-refractivity contribution in [2.75, 3.05) is 20.8 Å². The fourth-order valence-corrected chi connectivity index (χ4v) is 4.60. The molecule has 1 aromatic rings. The average Bonchev–Trinajstić information content (AvgIpc) is 2.85. The minimum absolute atomic E-state index is 0.0786. The standard InChI is InChI=1S/C16H19O7P/c1-4-22-24(19)16-11(8-9-14(17)20-2)6-5-7-12(16)13(23-24)10-15(18)21-3/h5-9,13H,4,10H2,1-3H3/b9-8+/t13-,24?/m0/s1. The molecule has 0 saturated heterocycles. The number of carbonyl (C=O) groups excluding carboxylic acids is 2. The Hall–Kier alpha value is -1.95. The summed E-state index contributed by atoms with van der Waals surface area (Å²) in [6.45, 7) is 1.87. The number of benzene rings is 1. The van der Waals surface area contributed by atoms with Crippen molar-refractivity contribution in [3.05, 3.63) is 35.4 Å². The van der Waals surface area contributed by atoms with Gasteiger partial charge in [0.05, 0.1) is 32.6 Å². The predicted molar refractivity (Wildman–Crippen MR) is 86.8 cm³/mol. The Kier molecular flexibility index (Phi) is 5.94. The van der Waals surface area contributed by atoms with Crippen LogP contribution in [0.25, 0.3) is 6.08 Å². The molecule has 1 aliphatic heterocycles. The third kappa shape index (κ3) is 3.75. The van der Waals surface area contributed by atoms with E-state index in [4.69, 9.17) is 9.05 Å². The number of esters is 2. The molecule has 0 aliphatic carbocycles. The summed E-state index contributed by atoms with van der Waals surface area (Å²) in [4.78, 5) is 22.9. The Morgan fingerprint density at radius 3 is 2.67 bits per heavy atom. The van der Waals surface area contributed by atoms with Crippen LogP contribution in [0, 0.1) is 0 Å². The van der Waals surface area contributed by atoms with Crippen LogP contribution in [0.1, 0.15) is 30.6 Å². The van der Waals surface area contributed by atoms with Crippen molar-refractivity contribution in [3.8, 4) is 0 Å². The van der Waals surface area contributed by atoms with E-state index in [1.807, 2.05) is 0 Å². The summed E-state index contributed by atoms with van der Waals surface area (Å²) >= 11 is 0. The first-order valence-electron chi connectivity index (χ1n) is 7.34. The van der Waals surface area contributed by atoms with Crippen molar-refractivity contribution >= 4 is 30.9 Å². The van der Waals surface area contributed by atoms with Crippen molar-refractivity contribution in [1.82, 2.24) is 0 Å². The average molecular weight is 354 g/mol. The smallest absolute Gasteiger partial charge is 0.362 e. The number of fused-ring (bicyclic) bond motifs is 1. The number of hydrogen-bond donors (Lipinski definition) is 0. The fourth-order valence-electron chi connectivity index (χ4n) is 2.44. The molecular weight excluding hydrogens is 335 g/mol. The molecule has 0 fully saturated rings. The van der Waals surface area contributed by atoms with Gasteiger partial charge >= 0.3 is 19.5 Å². The lowest BCUT2D eigenvalue weighted by Crippen LogP contribution is -2.12. The van der Waals surface area contributed by atoms with Crippen LogP contribution in [0.2, 0.25) is 0 Å². The maximum absolute atomic E-state index is 13.1. The van der Waals surface area contributed by atoms with Crippen molar-refractivity contribution < 1.29 is 32.7 Å². The van der Waals surface area contributed by atoms with E-state index in [0.717, 1.165) is 0 Å². The molecule has 0 amide bonds. The number of rotatable bonds is 6. The molecule has 1 aromatic carbocycles. The quantitative estimate of drug-likeness (QED) is 0.440. The third-order valence-corrected chi connectivity index (χ3v) is 5.66. The highest BCUT2D eigenvalue weighted by atomic mass is 31.2. The van der Waals surface area contributed by atoms with E-state index in [0.29, 0.717) is 16.4 Å². The Labute approximate surface area is 140 Å². The lowest BCUT2D eigenvalue weighted by atomic mass is 10.0. The highest BCUT2D eigenvalue weighted by Gasteiger charge is 2.44. The molecule has 0 aromatic heterocycles. The van der Waals surface area contributed by atoms with Crippen LogP contribution in [0.4, 0.5) is 0 Å². The van der Waals surface area contributed by atoms with Crippen LogP contribution in [0.3, 0.4) is 0 Å². The lowest BCUT2D eigenvalue weighted by Gasteiger charge is -2.14. The molecule has 1 heterocycles. The number of carbonyl (C=O) groups is 2. The van der Waals surface area contributed by atoms with Crippen molar-refractivity contribution in [2.24, 2.45) is 0 Å². The second kappa shape index (κ2) is 7.75. The van der Waals surface area contributed by atoms with E-state index in [-0.39, 0.29) is 13.0 Å². The van der Waals surface area contributed by atoms with Gasteiger partial charge in [0, 0.05) is 6.08 Å². The van der Waals surface area contributed by atoms with E-state index in [1.165, 1.54) is 26.4 Å². The second-order valence-corrected chi connectivity index (χ2v) is 6.84. The molecule has 1 unspecified atom stereocenters. The van der Waals surface area contributed by atoms with E-state index in [1.54, 1.807) is 25.1 Å². The monoisotopic (exact) mass is 354 g/mol. The molecule has 130 valence electrons. The molecule has 0 bridgehead atoms. The summed E-state index contributed by atoms with van der Waals surface area (Å²) in [5.74, 6) is -1.02. The molecule has 0 spiro atoms. The molecule has 0 N–H and O–H groups in total. The van der Waals surface area contributed by atoms with Crippen LogP contribution in [0.5, 0.6) is 0 Å². The largest absolute Gasteiger partial charge is 0.469 e. The van der Waals surface area contributed by atoms with Gasteiger partial charge < -0.3 is 14.0 Å². The highest BCUT2D eigenvalue weighted by molar-refractivity contribution is 7.62. The second-order valence-electron chi connectivity index (χ2n) is 4.93. The van der Waals surface area contributed by atoms with Gasteiger partial charge in [-0.2, -0.15) is 0 Å². The molecule has 2 atom stereocenters. The van der Waals surface area contributed by atoms with Gasteiger partial charge in [0.1, 0.15) is 6.10 Å². The van der Waals surface area contributed by atoms with Crippen molar-refractivity contribution in [2.45, 2.75) is 19.4 Å². The zero-order valence-electron chi connectivity index (χ0n) is 13.7. The first kappa shape index (κ1) is 18.4. The van der Waals surface area contributed by atoms with Gasteiger partial charge in [-0.25, -0.2) is 4.79 Å². The Balaban J connectivity index is 2.48. The summed E-state index contributed by atoms with van der Waals surface area (Å²) in [6, 6.07) is 5.13. The maximum atomic E-state index is 13.1. The van der Waals surface area contributed by atoms with Gasteiger partial charge in [0.2, 0.25) is 0 Å². The number of methoxy groups -OCH3 is 2. The minimum Gasteiger partial charge on any atom is -0.469 e. The maximum Gasteiger partial charge on any atom is 0.362 e. The SMILES string of the molecule is CCOP1(=O)O[C@@H](CC(=O)OC)c2cccc(/C=C/C(=O)OC)c21. The summed E-state index contributed by atoms with van der Waals surface area (Å²) in [7, 11) is -1.06. The third-order valence-electron chi connectivity index (χ3n) is 3.46. The van der Waals surface area contributed by atoms with Crippen molar-refractivity contribution in [3.63, 3.8) is 0 Å².